The first-order valence-electron chi connectivity index (χ1n) is 8.31. The molecule has 0 saturated carbocycles. The number of rotatable bonds is 4. The van der Waals surface area contributed by atoms with E-state index in [4.69, 9.17) is 4.74 Å². The minimum atomic E-state index is -0.337. The molecule has 0 aromatic heterocycles. The van der Waals surface area contributed by atoms with Crippen LogP contribution < -0.4 is 10.2 Å². The van der Waals surface area contributed by atoms with Crippen LogP contribution in [-0.2, 0) is 16.1 Å². The molecule has 3 rings (SSSR count). The monoisotopic (exact) mass is 324 g/mol. The lowest BCUT2D eigenvalue weighted by atomic mass is 9.98. The number of benzene rings is 2. The highest BCUT2D eigenvalue weighted by Gasteiger charge is 2.34. The van der Waals surface area contributed by atoms with Gasteiger partial charge in [0.1, 0.15) is 12.6 Å². The fraction of sp³-hybridized carbons (Fsp3) is 0.350. The first-order valence-corrected chi connectivity index (χ1v) is 8.31. The second-order valence-corrected chi connectivity index (χ2v) is 6.92. The van der Waals surface area contributed by atoms with Crippen molar-refractivity contribution in [3.8, 4) is 0 Å². The van der Waals surface area contributed by atoms with E-state index in [9.17, 15) is 4.79 Å². The second kappa shape index (κ2) is 6.56. The molecule has 4 heteroatoms. The van der Waals surface area contributed by atoms with Crippen LogP contribution in [0.2, 0.25) is 0 Å². The summed E-state index contributed by atoms with van der Waals surface area (Å²) in [5.74, 6) is -0.202. The number of hydrogen-bond acceptors (Lipinski definition) is 4. The van der Waals surface area contributed by atoms with E-state index in [2.05, 4.69) is 24.1 Å². The maximum atomic E-state index is 12.6. The zero-order valence-electron chi connectivity index (χ0n) is 14.5. The molecule has 126 valence electrons. The summed E-state index contributed by atoms with van der Waals surface area (Å²) in [6, 6.07) is 17.5. The third-order valence-corrected chi connectivity index (χ3v) is 4.28. The summed E-state index contributed by atoms with van der Waals surface area (Å²) in [5, 5.41) is 3.52. The molecule has 1 aliphatic rings. The normalized spacial score (nSPS) is 16.7. The molecule has 4 nitrogen and oxygen atoms in total. The van der Waals surface area contributed by atoms with E-state index in [1.807, 2.05) is 61.5 Å². The number of fused-ring (bicyclic) bond motifs is 1. The standard InChI is InChI=1S/C20H24N2O2/c1-15(19(23)24-13-16-9-5-4-6-10-16)22-14-20(2,3)21-17-11-7-8-12-18(17)22/h4-12,15,21H,13-14H2,1-3H3. The van der Waals surface area contributed by atoms with Gasteiger partial charge in [0, 0.05) is 12.1 Å². The zero-order valence-corrected chi connectivity index (χ0v) is 14.5. The smallest absolute Gasteiger partial charge is 0.328 e. The quantitative estimate of drug-likeness (QED) is 0.868. The van der Waals surface area contributed by atoms with Gasteiger partial charge < -0.3 is 15.0 Å². The fourth-order valence-electron chi connectivity index (χ4n) is 3.07. The number of carbonyl (C=O) groups excluding carboxylic acids is 1. The Labute approximate surface area is 143 Å². The molecular formula is C20H24N2O2. The molecule has 1 aliphatic heterocycles. The van der Waals surface area contributed by atoms with Crippen molar-refractivity contribution in [3.05, 3.63) is 60.2 Å². The average Bonchev–Trinajstić information content (AvgIpc) is 2.58. The van der Waals surface area contributed by atoms with Crippen LogP contribution in [0.3, 0.4) is 0 Å². The van der Waals surface area contributed by atoms with Gasteiger partial charge in [-0.05, 0) is 38.5 Å². The Morgan fingerprint density at radius 2 is 1.83 bits per heavy atom. The van der Waals surface area contributed by atoms with Gasteiger partial charge >= 0.3 is 5.97 Å². The van der Waals surface area contributed by atoms with Crippen LogP contribution in [0, 0.1) is 0 Å². The first kappa shape index (κ1) is 16.4. The number of carbonyl (C=O) groups is 1. The van der Waals surface area contributed by atoms with Crippen molar-refractivity contribution in [3.63, 3.8) is 0 Å². The minimum Gasteiger partial charge on any atom is -0.459 e. The highest BCUT2D eigenvalue weighted by atomic mass is 16.5. The maximum Gasteiger partial charge on any atom is 0.328 e. The molecule has 0 bridgehead atoms. The Morgan fingerprint density at radius 3 is 2.58 bits per heavy atom. The number of esters is 1. The number of ether oxygens (including phenoxy) is 1. The van der Waals surface area contributed by atoms with Crippen LogP contribution in [0.25, 0.3) is 0 Å². The van der Waals surface area contributed by atoms with Crippen molar-refractivity contribution >= 4 is 17.3 Å². The summed E-state index contributed by atoms with van der Waals surface area (Å²) in [7, 11) is 0. The fourth-order valence-corrected chi connectivity index (χ4v) is 3.07. The molecular weight excluding hydrogens is 300 g/mol. The molecule has 1 unspecified atom stereocenters. The zero-order chi connectivity index (χ0) is 17.2. The highest BCUT2D eigenvalue weighted by molar-refractivity contribution is 5.84. The lowest BCUT2D eigenvalue weighted by Gasteiger charge is -2.44. The lowest BCUT2D eigenvalue weighted by Crippen LogP contribution is -2.53. The van der Waals surface area contributed by atoms with Crippen molar-refractivity contribution in [1.82, 2.24) is 0 Å². The van der Waals surface area contributed by atoms with Crippen molar-refractivity contribution in [2.45, 2.75) is 39.0 Å². The van der Waals surface area contributed by atoms with Gasteiger partial charge in [0.2, 0.25) is 0 Å². The summed E-state index contributed by atoms with van der Waals surface area (Å²) >= 11 is 0. The summed E-state index contributed by atoms with van der Waals surface area (Å²) in [4.78, 5) is 14.7. The van der Waals surface area contributed by atoms with Gasteiger partial charge in [0.25, 0.3) is 0 Å². The van der Waals surface area contributed by atoms with Crippen LogP contribution in [0.4, 0.5) is 11.4 Å². The van der Waals surface area contributed by atoms with Crippen LogP contribution in [0.1, 0.15) is 26.3 Å². The highest BCUT2D eigenvalue weighted by Crippen LogP contribution is 2.35. The predicted octanol–water partition coefficient (Wildman–Crippen LogP) is 3.83. The Kier molecular flexibility index (Phi) is 4.47. The number of nitrogens with one attached hydrogen (secondary N) is 1. The van der Waals surface area contributed by atoms with E-state index >= 15 is 0 Å². The number of anilines is 2. The molecule has 0 aliphatic carbocycles. The van der Waals surface area contributed by atoms with E-state index in [0.717, 1.165) is 23.5 Å². The molecule has 2 aromatic carbocycles. The van der Waals surface area contributed by atoms with Gasteiger partial charge in [-0.1, -0.05) is 42.5 Å². The van der Waals surface area contributed by atoms with E-state index in [1.54, 1.807) is 0 Å². The second-order valence-electron chi connectivity index (χ2n) is 6.92. The van der Waals surface area contributed by atoms with Gasteiger partial charge in [-0.25, -0.2) is 4.79 Å². The third kappa shape index (κ3) is 3.53. The summed E-state index contributed by atoms with van der Waals surface area (Å²) in [5.41, 5.74) is 2.99. The van der Waals surface area contributed by atoms with E-state index in [0.29, 0.717) is 6.61 Å². The Bertz CT molecular complexity index is 713. The molecule has 24 heavy (non-hydrogen) atoms. The van der Waals surface area contributed by atoms with E-state index in [-0.39, 0.29) is 17.6 Å². The van der Waals surface area contributed by atoms with E-state index < -0.39 is 0 Å². The predicted molar refractivity (Wildman–Crippen MR) is 97.2 cm³/mol. The number of nitrogens with zero attached hydrogens (tertiary/aromatic N) is 1. The average molecular weight is 324 g/mol. The molecule has 1 heterocycles. The number of para-hydroxylation sites is 2. The summed E-state index contributed by atoms with van der Waals surface area (Å²) in [6.45, 7) is 7.23. The molecule has 0 saturated heterocycles. The van der Waals surface area contributed by atoms with E-state index in [1.165, 1.54) is 0 Å². The summed E-state index contributed by atoms with van der Waals surface area (Å²) < 4.78 is 5.53. The maximum absolute atomic E-state index is 12.6. The van der Waals surface area contributed by atoms with Gasteiger partial charge in [-0.3, -0.25) is 0 Å². The lowest BCUT2D eigenvalue weighted by molar-refractivity contribution is -0.146. The number of hydrogen-bond donors (Lipinski definition) is 1. The molecule has 1 N–H and O–H groups in total. The van der Waals surface area contributed by atoms with Gasteiger partial charge in [0.05, 0.1) is 11.4 Å². The van der Waals surface area contributed by atoms with Crippen molar-refractivity contribution in [2.75, 3.05) is 16.8 Å². The van der Waals surface area contributed by atoms with Crippen molar-refractivity contribution < 1.29 is 9.53 Å². The SMILES string of the molecule is CC(C(=O)OCc1ccccc1)N1CC(C)(C)Nc2ccccc21. The molecule has 0 spiro atoms. The minimum absolute atomic E-state index is 0.109. The summed E-state index contributed by atoms with van der Waals surface area (Å²) in [6.07, 6.45) is 0. The Hall–Kier alpha value is -2.49. The van der Waals surface area contributed by atoms with Crippen LogP contribution in [-0.4, -0.2) is 24.1 Å². The largest absolute Gasteiger partial charge is 0.459 e. The third-order valence-electron chi connectivity index (χ3n) is 4.28. The molecule has 0 radical (unpaired) electrons. The topological polar surface area (TPSA) is 41.6 Å². The van der Waals surface area contributed by atoms with Crippen LogP contribution in [0.15, 0.2) is 54.6 Å². The molecule has 0 fully saturated rings. The van der Waals surface area contributed by atoms with Crippen LogP contribution in [0.5, 0.6) is 0 Å². The van der Waals surface area contributed by atoms with Crippen molar-refractivity contribution in [2.24, 2.45) is 0 Å². The van der Waals surface area contributed by atoms with Crippen molar-refractivity contribution in [1.29, 1.82) is 0 Å². The Balaban J connectivity index is 1.74. The molecule has 0 amide bonds. The van der Waals surface area contributed by atoms with Gasteiger partial charge in [-0.2, -0.15) is 0 Å². The first-order chi connectivity index (χ1) is 11.5. The molecule has 2 aromatic rings. The van der Waals surface area contributed by atoms with Gasteiger partial charge in [-0.15, -0.1) is 0 Å². The van der Waals surface area contributed by atoms with Gasteiger partial charge in [0.15, 0.2) is 0 Å². The molecule has 1 atom stereocenters. The Morgan fingerprint density at radius 1 is 1.17 bits per heavy atom. The van der Waals surface area contributed by atoms with Crippen LogP contribution >= 0.6 is 0 Å².